The van der Waals surface area contributed by atoms with Crippen molar-refractivity contribution in [2.24, 2.45) is 10.9 Å². The topological polar surface area (TPSA) is 98.9 Å². The highest BCUT2D eigenvalue weighted by Gasteiger charge is 2.43. The number of ether oxygens (including phenoxy) is 1. The van der Waals surface area contributed by atoms with Gasteiger partial charge in [0.2, 0.25) is 0 Å². The maximum atomic E-state index is 12.8. The van der Waals surface area contributed by atoms with E-state index >= 15 is 0 Å². The summed E-state index contributed by atoms with van der Waals surface area (Å²) < 4.78 is 5.42. The number of allylic oxidation sites excluding steroid dienone is 2. The van der Waals surface area contributed by atoms with Gasteiger partial charge in [-0.1, -0.05) is 12.1 Å². The molecule has 0 aromatic heterocycles. The molecule has 2 atom stereocenters. The van der Waals surface area contributed by atoms with Gasteiger partial charge in [-0.3, -0.25) is 24.7 Å². The standard InChI is InChI=1S/C20H22N2O5/c1-11(2)27-20(24)17-12(3)21-15-8-5-9-16(23)19(15)18(17)13-6-4-7-14(10-13)22(25)26/h4,6-7,10-11,17-18H,5,8-9H2,1-3H3/t17?,18-/m0/s1. The fourth-order valence-electron chi connectivity index (χ4n) is 3.81. The van der Waals surface area contributed by atoms with Crippen molar-refractivity contribution in [3.63, 3.8) is 0 Å². The third-order valence-electron chi connectivity index (χ3n) is 4.88. The number of non-ortho nitro benzene ring substituents is 1. The number of rotatable bonds is 4. The first kappa shape index (κ1) is 18.9. The molecule has 1 unspecified atom stereocenters. The number of nitro groups is 1. The van der Waals surface area contributed by atoms with E-state index in [1.54, 1.807) is 32.9 Å². The molecule has 7 heteroatoms. The number of nitro benzene ring substituents is 1. The molecule has 0 spiro atoms. The number of hydrogen-bond acceptors (Lipinski definition) is 6. The molecule has 27 heavy (non-hydrogen) atoms. The summed E-state index contributed by atoms with van der Waals surface area (Å²) in [7, 11) is 0. The first-order valence-electron chi connectivity index (χ1n) is 9.06. The molecule has 1 aliphatic carbocycles. The van der Waals surface area contributed by atoms with Gasteiger partial charge in [-0.15, -0.1) is 0 Å². The van der Waals surface area contributed by atoms with Crippen molar-refractivity contribution in [2.75, 3.05) is 0 Å². The summed E-state index contributed by atoms with van der Waals surface area (Å²) in [6, 6.07) is 6.13. The Labute approximate surface area is 157 Å². The van der Waals surface area contributed by atoms with Gasteiger partial charge in [-0.25, -0.2) is 0 Å². The summed E-state index contributed by atoms with van der Waals surface area (Å²) in [5, 5.41) is 11.2. The Bertz CT molecular complexity index is 869. The second kappa shape index (κ2) is 7.42. The lowest BCUT2D eigenvalue weighted by atomic mass is 9.71. The summed E-state index contributed by atoms with van der Waals surface area (Å²) in [6.07, 6.45) is 1.46. The van der Waals surface area contributed by atoms with Crippen molar-refractivity contribution in [1.29, 1.82) is 0 Å². The van der Waals surface area contributed by atoms with Crippen LogP contribution in [0.25, 0.3) is 0 Å². The number of aliphatic imine (C=N–C) groups is 1. The van der Waals surface area contributed by atoms with Crippen LogP contribution in [-0.2, 0) is 14.3 Å². The molecule has 1 aliphatic heterocycles. The third kappa shape index (κ3) is 3.67. The molecular formula is C20H22N2O5. The first-order valence-corrected chi connectivity index (χ1v) is 9.06. The predicted molar refractivity (Wildman–Crippen MR) is 99.5 cm³/mol. The summed E-state index contributed by atoms with van der Waals surface area (Å²) in [5.74, 6) is -1.90. The number of hydrogen-bond donors (Lipinski definition) is 0. The number of Topliss-reactive ketones (excluding diaryl/α,β-unsaturated/α-hetero) is 1. The third-order valence-corrected chi connectivity index (χ3v) is 4.88. The quantitative estimate of drug-likeness (QED) is 0.457. The number of carbonyl (C=O) groups is 2. The van der Waals surface area contributed by atoms with E-state index in [9.17, 15) is 19.7 Å². The minimum Gasteiger partial charge on any atom is -0.462 e. The van der Waals surface area contributed by atoms with Crippen molar-refractivity contribution in [3.05, 3.63) is 51.2 Å². The first-order chi connectivity index (χ1) is 12.8. The molecule has 0 N–H and O–H groups in total. The number of nitrogens with zero attached hydrogens (tertiary/aromatic N) is 2. The zero-order chi connectivity index (χ0) is 19.7. The molecule has 1 heterocycles. The minimum absolute atomic E-state index is 0.0497. The second-order valence-corrected chi connectivity index (χ2v) is 7.18. The Morgan fingerprint density at radius 3 is 2.74 bits per heavy atom. The molecule has 1 aromatic rings. The van der Waals surface area contributed by atoms with Crippen molar-refractivity contribution < 1.29 is 19.2 Å². The summed E-state index contributed by atoms with van der Waals surface area (Å²) in [6.45, 7) is 5.26. The molecule has 0 radical (unpaired) electrons. The zero-order valence-electron chi connectivity index (χ0n) is 15.6. The highest BCUT2D eigenvalue weighted by Crippen LogP contribution is 2.44. The molecule has 2 aliphatic rings. The van der Waals surface area contributed by atoms with Gasteiger partial charge in [0, 0.05) is 41.5 Å². The molecular weight excluding hydrogens is 348 g/mol. The van der Waals surface area contributed by atoms with Gasteiger partial charge in [-0.2, -0.15) is 0 Å². The average molecular weight is 370 g/mol. The number of esters is 1. The van der Waals surface area contributed by atoms with Gasteiger partial charge in [0.15, 0.2) is 5.78 Å². The molecule has 0 saturated heterocycles. The Morgan fingerprint density at radius 1 is 1.33 bits per heavy atom. The molecule has 3 rings (SSSR count). The maximum absolute atomic E-state index is 12.8. The Hall–Kier alpha value is -2.83. The predicted octanol–water partition coefficient (Wildman–Crippen LogP) is 3.73. The fraction of sp³-hybridized carbons (Fsp3) is 0.450. The zero-order valence-corrected chi connectivity index (χ0v) is 15.6. The van der Waals surface area contributed by atoms with Crippen molar-refractivity contribution >= 4 is 23.2 Å². The largest absolute Gasteiger partial charge is 0.462 e. The second-order valence-electron chi connectivity index (χ2n) is 7.18. The number of carbonyl (C=O) groups excluding carboxylic acids is 2. The molecule has 7 nitrogen and oxygen atoms in total. The van der Waals surface area contributed by atoms with Crippen LogP contribution in [0.2, 0.25) is 0 Å². The van der Waals surface area contributed by atoms with Crippen LogP contribution in [0.5, 0.6) is 0 Å². The van der Waals surface area contributed by atoms with Gasteiger partial charge < -0.3 is 4.74 Å². The lowest BCUT2D eigenvalue weighted by Crippen LogP contribution is -2.38. The van der Waals surface area contributed by atoms with E-state index < -0.39 is 22.7 Å². The van der Waals surface area contributed by atoms with Crippen LogP contribution in [0.1, 0.15) is 51.5 Å². The molecule has 0 amide bonds. The van der Waals surface area contributed by atoms with Crippen LogP contribution in [0.3, 0.4) is 0 Å². The van der Waals surface area contributed by atoms with Crippen molar-refractivity contribution in [2.45, 2.75) is 52.1 Å². The molecule has 1 aromatic carbocycles. The summed E-state index contributed by atoms with van der Waals surface area (Å²) in [4.78, 5) is 40.8. The van der Waals surface area contributed by atoms with Crippen LogP contribution < -0.4 is 0 Å². The lowest BCUT2D eigenvalue weighted by molar-refractivity contribution is -0.384. The number of benzene rings is 1. The minimum atomic E-state index is -0.768. The van der Waals surface area contributed by atoms with Crippen LogP contribution in [0, 0.1) is 16.0 Å². The lowest BCUT2D eigenvalue weighted by Gasteiger charge is -2.34. The molecule has 142 valence electrons. The summed E-state index contributed by atoms with van der Waals surface area (Å²) >= 11 is 0. The Kier molecular flexibility index (Phi) is 5.21. The highest BCUT2D eigenvalue weighted by molar-refractivity contribution is 6.08. The van der Waals surface area contributed by atoms with Crippen molar-refractivity contribution in [1.82, 2.24) is 0 Å². The highest BCUT2D eigenvalue weighted by atomic mass is 16.6. The average Bonchev–Trinajstić information content (AvgIpc) is 2.60. The normalized spacial score (nSPS) is 22.4. The SMILES string of the molecule is CC1=NC2=C(C(=O)CCC2)[C@@H](c2cccc([N+](=O)[O-])c2)C1C(=O)OC(C)C. The maximum Gasteiger partial charge on any atom is 0.315 e. The van der Waals surface area contributed by atoms with E-state index in [0.717, 1.165) is 6.42 Å². The van der Waals surface area contributed by atoms with Crippen LogP contribution in [0.4, 0.5) is 5.69 Å². The van der Waals surface area contributed by atoms with E-state index in [0.29, 0.717) is 35.4 Å². The van der Waals surface area contributed by atoms with Gasteiger partial charge in [0.05, 0.1) is 11.0 Å². The molecule has 0 saturated carbocycles. The van der Waals surface area contributed by atoms with E-state index in [-0.39, 0.29) is 17.6 Å². The van der Waals surface area contributed by atoms with Gasteiger partial charge in [0.25, 0.3) is 5.69 Å². The summed E-state index contributed by atoms with van der Waals surface area (Å²) in [5.41, 5.74) is 2.25. The van der Waals surface area contributed by atoms with Gasteiger partial charge in [-0.05, 0) is 39.2 Å². The van der Waals surface area contributed by atoms with E-state index in [4.69, 9.17) is 4.74 Å². The van der Waals surface area contributed by atoms with Gasteiger partial charge in [0.1, 0.15) is 5.92 Å². The monoisotopic (exact) mass is 370 g/mol. The van der Waals surface area contributed by atoms with Crippen LogP contribution in [-0.4, -0.2) is 28.5 Å². The van der Waals surface area contributed by atoms with Crippen molar-refractivity contribution in [3.8, 4) is 0 Å². The smallest absolute Gasteiger partial charge is 0.315 e. The van der Waals surface area contributed by atoms with Gasteiger partial charge >= 0.3 is 5.97 Å². The molecule has 0 fully saturated rings. The Balaban J connectivity index is 2.16. The van der Waals surface area contributed by atoms with E-state index in [1.807, 2.05) is 0 Å². The van der Waals surface area contributed by atoms with Crippen LogP contribution >= 0.6 is 0 Å². The van der Waals surface area contributed by atoms with E-state index in [1.165, 1.54) is 12.1 Å². The fourth-order valence-corrected chi connectivity index (χ4v) is 3.81. The molecule has 0 bridgehead atoms. The Morgan fingerprint density at radius 2 is 2.07 bits per heavy atom. The van der Waals surface area contributed by atoms with E-state index in [2.05, 4.69) is 4.99 Å². The number of ketones is 1. The van der Waals surface area contributed by atoms with Crippen LogP contribution in [0.15, 0.2) is 40.5 Å².